The quantitative estimate of drug-likeness (QED) is 0.786. The standard InChI is InChI=1S/C12H21NO4/c1-9-5-3-4-6-10(9)17-8-11(14)13(2)7-12(15)16/h9-10H,3-8H2,1-2H3,(H,15,16)/t9-,10+/m1/s1. The second-order valence-electron chi connectivity index (χ2n) is 4.75. The molecule has 98 valence electrons. The Morgan fingerprint density at radius 3 is 2.59 bits per heavy atom. The zero-order valence-corrected chi connectivity index (χ0v) is 10.5. The van der Waals surface area contributed by atoms with E-state index in [1.807, 2.05) is 0 Å². The molecule has 17 heavy (non-hydrogen) atoms. The first kappa shape index (κ1) is 14.0. The third-order valence-electron chi connectivity index (χ3n) is 3.25. The summed E-state index contributed by atoms with van der Waals surface area (Å²) < 4.78 is 5.58. The fourth-order valence-corrected chi connectivity index (χ4v) is 2.11. The highest BCUT2D eigenvalue weighted by molar-refractivity contribution is 5.81. The lowest BCUT2D eigenvalue weighted by Gasteiger charge is -2.29. The van der Waals surface area contributed by atoms with Gasteiger partial charge in [0.1, 0.15) is 13.2 Å². The van der Waals surface area contributed by atoms with Crippen molar-refractivity contribution in [2.45, 2.75) is 38.7 Å². The molecular formula is C12H21NO4. The second-order valence-corrected chi connectivity index (χ2v) is 4.75. The van der Waals surface area contributed by atoms with E-state index in [4.69, 9.17) is 9.84 Å². The van der Waals surface area contributed by atoms with Crippen LogP contribution in [0.4, 0.5) is 0 Å². The first-order valence-electron chi connectivity index (χ1n) is 6.08. The number of nitrogens with zero attached hydrogens (tertiary/aromatic N) is 1. The molecular weight excluding hydrogens is 222 g/mol. The Balaban J connectivity index is 2.29. The Labute approximate surface area is 102 Å². The van der Waals surface area contributed by atoms with Crippen molar-refractivity contribution in [1.82, 2.24) is 4.90 Å². The second kappa shape index (κ2) is 6.59. The van der Waals surface area contributed by atoms with Crippen molar-refractivity contribution in [2.24, 2.45) is 5.92 Å². The highest BCUT2D eigenvalue weighted by atomic mass is 16.5. The molecule has 0 aromatic heterocycles. The van der Waals surface area contributed by atoms with Crippen LogP contribution in [-0.4, -0.2) is 48.2 Å². The van der Waals surface area contributed by atoms with Crippen molar-refractivity contribution in [2.75, 3.05) is 20.2 Å². The van der Waals surface area contributed by atoms with Gasteiger partial charge in [0.05, 0.1) is 6.10 Å². The zero-order chi connectivity index (χ0) is 12.8. The summed E-state index contributed by atoms with van der Waals surface area (Å²) >= 11 is 0. The Hall–Kier alpha value is -1.10. The molecule has 1 N–H and O–H groups in total. The summed E-state index contributed by atoms with van der Waals surface area (Å²) in [5.74, 6) is -0.793. The summed E-state index contributed by atoms with van der Waals surface area (Å²) in [6, 6.07) is 0. The molecule has 0 radical (unpaired) electrons. The van der Waals surface area contributed by atoms with Gasteiger partial charge in [0.25, 0.3) is 0 Å². The molecule has 1 rings (SSSR count). The predicted molar refractivity (Wildman–Crippen MR) is 62.6 cm³/mol. The maximum Gasteiger partial charge on any atom is 0.323 e. The molecule has 0 saturated heterocycles. The van der Waals surface area contributed by atoms with Crippen LogP contribution in [0, 0.1) is 5.92 Å². The third kappa shape index (κ3) is 4.73. The number of rotatable bonds is 5. The lowest BCUT2D eigenvalue weighted by Crippen LogP contribution is -2.37. The minimum Gasteiger partial charge on any atom is -0.480 e. The average Bonchev–Trinajstić information content (AvgIpc) is 2.26. The van der Waals surface area contributed by atoms with E-state index in [-0.39, 0.29) is 25.2 Å². The molecule has 0 unspecified atom stereocenters. The Kier molecular flexibility index (Phi) is 5.41. The van der Waals surface area contributed by atoms with Gasteiger partial charge in [0.15, 0.2) is 0 Å². The minimum atomic E-state index is -1.01. The van der Waals surface area contributed by atoms with Gasteiger partial charge < -0.3 is 14.7 Å². The van der Waals surface area contributed by atoms with Gasteiger partial charge in [-0.05, 0) is 18.8 Å². The molecule has 0 aromatic carbocycles. The number of carboxylic acid groups (broad SMARTS) is 1. The molecule has 1 aliphatic rings. The SMILES string of the molecule is C[C@@H]1CCCC[C@@H]1OCC(=O)N(C)CC(=O)O. The molecule has 0 spiro atoms. The Morgan fingerprint density at radius 2 is 2.00 bits per heavy atom. The molecule has 0 aliphatic heterocycles. The van der Waals surface area contributed by atoms with Crippen LogP contribution in [0.2, 0.25) is 0 Å². The summed E-state index contributed by atoms with van der Waals surface area (Å²) in [7, 11) is 1.48. The number of hydrogen-bond acceptors (Lipinski definition) is 3. The molecule has 0 heterocycles. The zero-order valence-electron chi connectivity index (χ0n) is 10.5. The molecule has 5 nitrogen and oxygen atoms in total. The van der Waals surface area contributed by atoms with E-state index in [0.29, 0.717) is 5.92 Å². The maximum absolute atomic E-state index is 11.6. The third-order valence-corrected chi connectivity index (χ3v) is 3.25. The number of ether oxygens (including phenoxy) is 1. The summed E-state index contributed by atoms with van der Waals surface area (Å²) in [5, 5.41) is 8.56. The van der Waals surface area contributed by atoms with Crippen molar-refractivity contribution in [3.63, 3.8) is 0 Å². The number of carbonyl (C=O) groups excluding carboxylic acids is 1. The van der Waals surface area contributed by atoms with Crippen molar-refractivity contribution < 1.29 is 19.4 Å². The Morgan fingerprint density at radius 1 is 1.35 bits per heavy atom. The molecule has 5 heteroatoms. The van der Waals surface area contributed by atoms with Crippen molar-refractivity contribution in [3.8, 4) is 0 Å². The molecule has 1 saturated carbocycles. The number of hydrogen-bond donors (Lipinski definition) is 1. The normalized spacial score (nSPS) is 24.4. The van der Waals surface area contributed by atoms with Crippen LogP contribution in [0.1, 0.15) is 32.6 Å². The summed E-state index contributed by atoms with van der Waals surface area (Å²) in [6.45, 7) is 1.84. The number of aliphatic carboxylic acids is 1. The van der Waals surface area contributed by atoms with Crippen LogP contribution in [0.25, 0.3) is 0 Å². The first-order chi connectivity index (χ1) is 8.00. The van der Waals surface area contributed by atoms with Gasteiger partial charge in [-0.3, -0.25) is 9.59 Å². The van der Waals surface area contributed by atoms with Crippen molar-refractivity contribution >= 4 is 11.9 Å². The van der Waals surface area contributed by atoms with Crippen LogP contribution >= 0.6 is 0 Å². The highest BCUT2D eigenvalue weighted by Crippen LogP contribution is 2.26. The number of amides is 1. The topological polar surface area (TPSA) is 66.8 Å². The van der Waals surface area contributed by atoms with E-state index in [2.05, 4.69) is 6.92 Å². The minimum absolute atomic E-state index is 0.0151. The van der Waals surface area contributed by atoms with Gasteiger partial charge in [-0.1, -0.05) is 19.8 Å². The fourth-order valence-electron chi connectivity index (χ4n) is 2.11. The molecule has 1 aliphatic carbocycles. The fraction of sp³-hybridized carbons (Fsp3) is 0.833. The molecule has 0 aromatic rings. The first-order valence-corrected chi connectivity index (χ1v) is 6.08. The van der Waals surface area contributed by atoms with Gasteiger partial charge in [-0.2, -0.15) is 0 Å². The largest absolute Gasteiger partial charge is 0.480 e. The van der Waals surface area contributed by atoms with Crippen LogP contribution in [0.3, 0.4) is 0 Å². The van der Waals surface area contributed by atoms with Gasteiger partial charge >= 0.3 is 5.97 Å². The number of carboxylic acids is 1. The van der Waals surface area contributed by atoms with E-state index >= 15 is 0 Å². The smallest absolute Gasteiger partial charge is 0.323 e. The Bertz CT molecular complexity index is 280. The van der Waals surface area contributed by atoms with E-state index in [0.717, 1.165) is 19.3 Å². The van der Waals surface area contributed by atoms with Gasteiger partial charge in [0.2, 0.25) is 5.91 Å². The monoisotopic (exact) mass is 243 g/mol. The molecule has 2 atom stereocenters. The van der Waals surface area contributed by atoms with Crippen LogP contribution in [-0.2, 0) is 14.3 Å². The number of likely N-dealkylation sites (N-methyl/N-ethyl adjacent to an activating group) is 1. The van der Waals surface area contributed by atoms with Crippen LogP contribution in [0.15, 0.2) is 0 Å². The van der Waals surface area contributed by atoms with E-state index in [1.165, 1.54) is 18.4 Å². The highest BCUT2D eigenvalue weighted by Gasteiger charge is 2.23. The van der Waals surface area contributed by atoms with Gasteiger partial charge in [-0.15, -0.1) is 0 Å². The van der Waals surface area contributed by atoms with E-state index in [9.17, 15) is 9.59 Å². The van der Waals surface area contributed by atoms with Crippen LogP contribution in [0.5, 0.6) is 0 Å². The van der Waals surface area contributed by atoms with Gasteiger partial charge in [0, 0.05) is 7.05 Å². The summed E-state index contributed by atoms with van der Waals surface area (Å²) in [4.78, 5) is 23.2. The maximum atomic E-state index is 11.6. The molecule has 1 amide bonds. The van der Waals surface area contributed by atoms with E-state index < -0.39 is 5.97 Å². The number of carbonyl (C=O) groups is 2. The predicted octanol–water partition coefficient (Wildman–Crippen LogP) is 1.12. The molecule has 1 fully saturated rings. The summed E-state index contributed by atoms with van der Waals surface area (Å²) in [5.41, 5.74) is 0. The molecule has 0 bridgehead atoms. The summed E-state index contributed by atoms with van der Waals surface area (Å²) in [6.07, 6.45) is 4.66. The van der Waals surface area contributed by atoms with Crippen LogP contribution < -0.4 is 0 Å². The average molecular weight is 243 g/mol. The lowest BCUT2D eigenvalue weighted by atomic mass is 9.88. The van der Waals surface area contributed by atoms with Crippen molar-refractivity contribution in [1.29, 1.82) is 0 Å². The van der Waals surface area contributed by atoms with Gasteiger partial charge in [-0.25, -0.2) is 0 Å². The lowest BCUT2D eigenvalue weighted by molar-refractivity contribution is -0.147. The van der Waals surface area contributed by atoms with E-state index in [1.54, 1.807) is 0 Å². The van der Waals surface area contributed by atoms with Crippen molar-refractivity contribution in [3.05, 3.63) is 0 Å².